The molecule has 0 radical (unpaired) electrons. The van der Waals surface area contributed by atoms with Gasteiger partial charge in [-0.2, -0.15) is 0 Å². The molecule has 0 saturated heterocycles. The fraction of sp³-hybridized carbons (Fsp3) is 0.652. The highest BCUT2D eigenvalue weighted by molar-refractivity contribution is 8.00. The van der Waals surface area contributed by atoms with Gasteiger partial charge in [0.05, 0.1) is 5.75 Å². The molecular formula is C23H34N4O7S. The first-order chi connectivity index (χ1) is 16.8. The van der Waals surface area contributed by atoms with Gasteiger partial charge in [0.1, 0.15) is 24.6 Å². The number of rotatable bonds is 13. The topological polar surface area (TPSA) is 152 Å². The minimum Gasteiger partial charge on any atom is -0.490 e. The standard InChI is InChI=1S/C23H34N4O7S/c1-15-10-18-17(6-7-22(29)26-18)20(11-15)33-13-16(28)12-24-8-9-25-23(30)14-35-21-5-3-2-4-19(21)34-27(31)32/h10-11,16,19,21,24,28H,2-9,12-14H2,1H3,(H,25,30)(H,26,29)/t16?,19-,21-/m1/s1. The monoisotopic (exact) mass is 510 g/mol. The van der Waals surface area contributed by atoms with Crippen molar-refractivity contribution < 1.29 is 29.4 Å². The summed E-state index contributed by atoms with van der Waals surface area (Å²) in [6.07, 6.45) is 3.15. The van der Waals surface area contributed by atoms with Crippen LogP contribution < -0.4 is 20.7 Å². The molecule has 1 heterocycles. The third-order valence-electron chi connectivity index (χ3n) is 5.96. The molecule has 1 aliphatic heterocycles. The van der Waals surface area contributed by atoms with Gasteiger partial charge >= 0.3 is 0 Å². The van der Waals surface area contributed by atoms with Gasteiger partial charge < -0.3 is 30.6 Å². The lowest BCUT2D eigenvalue weighted by Crippen LogP contribution is -2.38. The highest BCUT2D eigenvalue weighted by atomic mass is 32.2. The van der Waals surface area contributed by atoms with Gasteiger partial charge in [0, 0.05) is 42.6 Å². The molecule has 3 atom stereocenters. The van der Waals surface area contributed by atoms with E-state index in [1.54, 1.807) is 0 Å². The number of ether oxygens (including phenoxy) is 1. The number of aliphatic hydroxyl groups excluding tert-OH is 1. The first-order valence-corrected chi connectivity index (χ1v) is 13.0. The molecule has 0 bridgehead atoms. The van der Waals surface area contributed by atoms with Crippen molar-refractivity contribution >= 4 is 29.3 Å². The van der Waals surface area contributed by atoms with Crippen molar-refractivity contribution in [2.45, 2.75) is 62.9 Å². The minimum absolute atomic E-state index is 0.00833. The van der Waals surface area contributed by atoms with Gasteiger partial charge in [0.2, 0.25) is 11.8 Å². The van der Waals surface area contributed by atoms with Crippen molar-refractivity contribution in [3.8, 4) is 5.75 Å². The lowest BCUT2D eigenvalue weighted by molar-refractivity contribution is -0.768. The Bertz CT molecular complexity index is 901. The van der Waals surface area contributed by atoms with Gasteiger partial charge in [-0.15, -0.1) is 21.9 Å². The third kappa shape index (κ3) is 8.86. The van der Waals surface area contributed by atoms with Crippen LogP contribution in [0.3, 0.4) is 0 Å². The van der Waals surface area contributed by atoms with Gasteiger partial charge in [-0.25, -0.2) is 0 Å². The predicted molar refractivity (Wildman–Crippen MR) is 132 cm³/mol. The number of anilines is 1. The number of nitrogens with zero attached hydrogens (tertiary/aromatic N) is 1. The van der Waals surface area contributed by atoms with Crippen LogP contribution in [0.5, 0.6) is 5.75 Å². The molecule has 194 valence electrons. The smallest absolute Gasteiger partial charge is 0.294 e. The minimum atomic E-state index is -0.747. The van der Waals surface area contributed by atoms with Crippen LogP contribution in [0.4, 0.5) is 5.69 Å². The summed E-state index contributed by atoms with van der Waals surface area (Å²) in [5.41, 5.74) is 2.68. The number of benzene rings is 1. The fourth-order valence-corrected chi connectivity index (χ4v) is 5.46. The lowest BCUT2D eigenvalue weighted by atomic mass is 9.97. The largest absolute Gasteiger partial charge is 0.490 e. The first kappa shape index (κ1) is 27.0. The average molecular weight is 511 g/mol. The van der Waals surface area contributed by atoms with E-state index < -0.39 is 17.3 Å². The van der Waals surface area contributed by atoms with Gasteiger partial charge in [-0.3, -0.25) is 9.59 Å². The highest BCUT2D eigenvalue weighted by Gasteiger charge is 2.29. The van der Waals surface area contributed by atoms with Crippen LogP contribution in [0.2, 0.25) is 0 Å². The Morgan fingerprint density at radius 3 is 2.91 bits per heavy atom. The number of aliphatic hydroxyl groups is 1. The van der Waals surface area contributed by atoms with E-state index in [9.17, 15) is 24.8 Å². The number of amides is 2. The van der Waals surface area contributed by atoms with E-state index in [1.807, 2.05) is 19.1 Å². The second-order valence-corrected chi connectivity index (χ2v) is 10.1. The number of fused-ring (bicyclic) bond motifs is 1. The number of thioether (sulfide) groups is 1. The lowest BCUT2D eigenvalue weighted by Gasteiger charge is -2.28. The number of hydrogen-bond donors (Lipinski definition) is 4. The Hall–Kier alpha value is -2.57. The molecule has 3 rings (SSSR count). The molecule has 2 aliphatic rings. The molecule has 0 spiro atoms. The molecule has 4 N–H and O–H groups in total. The molecule has 1 aliphatic carbocycles. The van der Waals surface area contributed by atoms with Crippen LogP contribution in [0, 0.1) is 17.0 Å². The molecule has 1 aromatic carbocycles. The fourth-order valence-electron chi connectivity index (χ4n) is 4.25. The molecular weight excluding hydrogens is 476 g/mol. The number of nitrogens with one attached hydrogen (secondary N) is 3. The number of hydrogen-bond acceptors (Lipinski definition) is 9. The van der Waals surface area contributed by atoms with E-state index in [0.29, 0.717) is 44.6 Å². The summed E-state index contributed by atoms with van der Waals surface area (Å²) < 4.78 is 5.83. The van der Waals surface area contributed by atoms with E-state index in [2.05, 4.69) is 16.0 Å². The second kappa shape index (κ2) is 13.5. The van der Waals surface area contributed by atoms with E-state index in [0.717, 1.165) is 36.1 Å². The zero-order valence-electron chi connectivity index (χ0n) is 19.9. The molecule has 11 nitrogen and oxygen atoms in total. The van der Waals surface area contributed by atoms with Crippen LogP contribution in [0.15, 0.2) is 12.1 Å². The average Bonchev–Trinajstić information content (AvgIpc) is 2.81. The molecule has 0 aromatic heterocycles. The summed E-state index contributed by atoms with van der Waals surface area (Å²) >= 11 is 1.40. The quantitative estimate of drug-likeness (QED) is 0.176. The Balaban J connectivity index is 1.29. The van der Waals surface area contributed by atoms with Crippen molar-refractivity contribution in [1.82, 2.24) is 10.6 Å². The summed E-state index contributed by atoms with van der Waals surface area (Å²) in [4.78, 5) is 39.1. The number of carbonyl (C=O) groups excluding carboxylic acids is 2. The summed E-state index contributed by atoms with van der Waals surface area (Å²) in [7, 11) is 0. The van der Waals surface area contributed by atoms with Crippen molar-refractivity contribution in [1.29, 1.82) is 0 Å². The van der Waals surface area contributed by atoms with Gasteiger partial charge in [0.25, 0.3) is 5.09 Å². The highest BCUT2D eigenvalue weighted by Crippen LogP contribution is 2.33. The molecule has 1 saturated carbocycles. The summed E-state index contributed by atoms with van der Waals surface area (Å²) in [5, 5.41) is 28.8. The predicted octanol–water partition coefficient (Wildman–Crippen LogP) is 1.58. The van der Waals surface area contributed by atoms with Crippen LogP contribution in [0.25, 0.3) is 0 Å². The first-order valence-electron chi connectivity index (χ1n) is 12.0. The Labute approximate surface area is 208 Å². The maximum Gasteiger partial charge on any atom is 0.294 e. The van der Waals surface area contributed by atoms with E-state index in [1.165, 1.54) is 11.8 Å². The van der Waals surface area contributed by atoms with E-state index in [-0.39, 0.29) is 29.4 Å². The van der Waals surface area contributed by atoms with Crippen LogP contribution >= 0.6 is 11.8 Å². The SMILES string of the molecule is Cc1cc2c(c(OCC(O)CNCCNC(=O)CS[C@@H]3CCCC[C@H]3O[N+](=O)[O-])c1)CCC(=O)N2. The van der Waals surface area contributed by atoms with Crippen LogP contribution in [0.1, 0.15) is 43.2 Å². The second-order valence-electron chi connectivity index (χ2n) is 8.86. The normalized spacial score (nSPS) is 20.3. The number of aryl methyl sites for hydroxylation is 1. The molecule has 12 heteroatoms. The maximum absolute atomic E-state index is 12.1. The molecule has 1 unspecified atom stereocenters. The maximum atomic E-state index is 12.1. The van der Waals surface area contributed by atoms with Crippen molar-refractivity contribution in [3.63, 3.8) is 0 Å². The van der Waals surface area contributed by atoms with Gasteiger partial charge in [0.15, 0.2) is 0 Å². The van der Waals surface area contributed by atoms with Gasteiger partial charge in [-0.1, -0.05) is 12.8 Å². The number of carbonyl (C=O) groups is 2. The molecule has 2 amide bonds. The van der Waals surface area contributed by atoms with Crippen molar-refractivity contribution in [2.75, 3.05) is 37.3 Å². The summed E-state index contributed by atoms with van der Waals surface area (Å²) in [5.74, 6) is 0.751. The Kier molecular flexibility index (Phi) is 10.4. The van der Waals surface area contributed by atoms with Crippen molar-refractivity contribution in [3.05, 3.63) is 33.4 Å². The van der Waals surface area contributed by atoms with Crippen LogP contribution in [-0.2, 0) is 20.8 Å². The Morgan fingerprint density at radius 1 is 1.31 bits per heavy atom. The summed E-state index contributed by atoms with van der Waals surface area (Å²) in [6, 6.07) is 3.82. The zero-order valence-corrected chi connectivity index (χ0v) is 20.7. The van der Waals surface area contributed by atoms with Gasteiger partial charge in [-0.05, 0) is 43.9 Å². The summed E-state index contributed by atoms with van der Waals surface area (Å²) in [6.45, 7) is 3.21. The van der Waals surface area contributed by atoms with Crippen molar-refractivity contribution in [2.24, 2.45) is 0 Å². The molecule has 1 fully saturated rings. The zero-order chi connectivity index (χ0) is 25.2. The van der Waals surface area contributed by atoms with E-state index in [4.69, 9.17) is 9.57 Å². The molecule has 1 aromatic rings. The Morgan fingerprint density at radius 2 is 2.11 bits per heavy atom. The van der Waals surface area contributed by atoms with E-state index >= 15 is 0 Å². The molecule has 35 heavy (non-hydrogen) atoms. The third-order valence-corrected chi connectivity index (χ3v) is 7.35. The van der Waals surface area contributed by atoms with Crippen LogP contribution in [-0.4, -0.2) is 71.5 Å².